The van der Waals surface area contributed by atoms with E-state index < -0.39 is 40.2 Å². The predicted molar refractivity (Wildman–Crippen MR) is 94.7 cm³/mol. The third-order valence-corrected chi connectivity index (χ3v) is 4.29. The Kier molecular flexibility index (Phi) is 5.22. The van der Waals surface area contributed by atoms with Crippen LogP contribution in [0, 0.1) is 23.3 Å². The van der Waals surface area contributed by atoms with Gasteiger partial charge in [-0.05, 0) is 31.5 Å². The molecule has 3 aromatic rings. The van der Waals surface area contributed by atoms with Crippen LogP contribution >= 0.6 is 0 Å². The summed E-state index contributed by atoms with van der Waals surface area (Å²) in [5.41, 5.74) is -1.87. The number of fused-ring (bicyclic) bond motifs is 1. The van der Waals surface area contributed by atoms with Crippen molar-refractivity contribution in [3.8, 4) is 5.69 Å². The van der Waals surface area contributed by atoms with Gasteiger partial charge < -0.3 is 9.30 Å². The van der Waals surface area contributed by atoms with Gasteiger partial charge in [0.1, 0.15) is 17.2 Å². The Bertz CT molecular complexity index is 1150. The lowest BCUT2D eigenvalue weighted by molar-refractivity contribution is 0.0524. The molecule has 0 saturated heterocycles. The number of rotatable bonds is 4. The Morgan fingerprint density at radius 2 is 1.79 bits per heavy atom. The van der Waals surface area contributed by atoms with E-state index >= 15 is 0 Å². The number of hydrogen-bond donors (Lipinski definition) is 0. The third-order valence-electron chi connectivity index (χ3n) is 4.29. The highest BCUT2D eigenvalue weighted by Crippen LogP contribution is 2.27. The molecular weight excluding hydrogens is 378 g/mol. The van der Waals surface area contributed by atoms with Gasteiger partial charge in [-0.25, -0.2) is 22.4 Å². The molecule has 0 fully saturated rings. The maximum atomic E-state index is 14.4. The number of carbonyl (C=O) groups is 1. The van der Waals surface area contributed by atoms with E-state index in [9.17, 15) is 27.2 Å². The summed E-state index contributed by atoms with van der Waals surface area (Å²) < 4.78 is 62.1. The summed E-state index contributed by atoms with van der Waals surface area (Å²) in [6.45, 7) is 3.03. The summed E-state index contributed by atoms with van der Waals surface area (Å²) >= 11 is 0. The summed E-state index contributed by atoms with van der Waals surface area (Å²) in [5.74, 6) is -5.30. The maximum absolute atomic E-state index is 14.4. The largest absolute Gasteiger partial charge is 0.462 e. The van der Waals surface area contributed by atoms with Gasteiger partial charge in [-0.15, -0.1) is 0 Å². The summed E-state index contributed by atoms with van der Waals surface area (Å²) in [6.07, 6.45) is 0.983. The number of ether oxygens (including phenoxy) is 1. The van der Waals surface area contributed by atoms with Crippen LogP contribution in [0.5, 0.6) is 0 Å². The molecule has 3 rings (SSSR count). The molecule has 1 heterocycles. The molecule has 0 aliphatic rings. The molecule has 0 N–H and O–H groups in total. The van der Waals surface area contributed by atoms with Crippen molar-refractivity contribution >= 4 is 16.9 Å². The first-order valence-electron chi connectivity index (χ1n) is 8.48. The van der Waals surface area contributed by atoms with E-state index in [1.807, 2.05) is 0 Å². The van der Waals surface area contributed by atoms with Crippen LogP contribution in [0.3, 0.4) is 0 Å². The molecule has 0 atom stereocenters. The summed E-state index contributed by atoms with van der Waals surface area (Å²) in [7, 11) is 0. The quantitative estimate of drug-likeness (QED) is 0.491. The fourth-order valence-corrected chi connectivity index (χ4v) is 3.06. The normalized spacial score (nSPS) is 11.1. The van der Waals surface area contributed by atoms with E-state index in [0.717, 1.165) is 22.9 Å². The van der Waals surface area contributed by atoms with Crippen molar-refractivity contribution in [2.45, 2.75) is 20.3 Å². The molecule has 0 saturated carbocycles. The number of aryl methyl sites for hydroxylation is 1. The van der Waals surface area contributed by atoms with E-state index in [4.69, 9.17) is 4.74 Å². The zero-order valence-electron chi connectivity index (χ0n) is 15.0. The summed E-state index contributed by atoms with van der Waals surface area (Å²) in [4.78, 5) is 24.9. The standard InChI is InChI=1S/C20H15F4NO3/c1-3-11-17(24)15(23)8-12-18(11)25(16-6-5-10(21)7-14(16)22)9-13(19(12)26)20(27)28-4-2/h5-9H,3-4H2,1-2H3. The molecule has 0 aliphatic heterocycles. The molecule has 8 heteroatoms. The SMILES string of the molecule is CCOC(=O)c1cn(-c2ccc(F)cc2F)c2c(CC)c(F)c(F)cc2c1=O. The maximum Gasteiger partial charge on any atom is 0.343 e. The van der Waals surface area contributed by atoms with E-state index in [1.54, 1.807) is 0 Å². The number of aromatic nitrogens is 1. The molecule has 0 amide bonds. The molecule has 0 spiro atoms. The Labute approximate surface area is 157 Å². The molecule has 1 aromatic heterocycles. The minimum Gasteiger partial charge on any atom is -0.462 e. The molecular formula is C20H15F4NO3. The second kappa shape index (κ2) is 7.46. The third kappa shape index (κ3) is 3.15. The Morgan fingerprint density at radius 1 is 1.07 bits per heavy atom. The van der Waals surface area contributed by atoms with Crippen LogP contribution in [0.1, 0.15) is 29.8 Å². The molecule has 0 unspecified atom stereocenters. The van der Waals surface area contributed by atoms with Gasteiger partial charge in [0.15, 0.2) is 11.6 Å². The van der Waals surface area contributed by atoms with Gasteiger partial charge in [-0.1, -0.05) is 6.92 Å². The first kappa shape index (κ1) is 19.6. The van der Waals surface area contributed by atoms with E-state index in [0.29, 0.717) is 12.1 Å². The lowest BCUT2D eigenvalue weighted by Crippen LogP contribution is -2.22. The number of pyridine rings is 1. The van der Waals surface area contributed by atoms with Crippen LogP contribution in [0.4, 0.5) is 17.6 Å². The highest BCUT2D eigenvalue weighted by molar-refractivity contribution is 5.95. The van der Waals surface area contributed by atoms with Crippen molar-refractivity contribution in [2.24, 2.45) is 0 Å². The van der Waals surface area contributed by atoms with Crippen molar-refractivity contribution in [2.75, 3.05) is 6.61 Å². The molecule has 28 heavy (non-hydrogen) atoms. The van der Waals surface area contributed by atoms with E-state index in [1.165, 1.54) is 13.8 Å². The number of carbonyl (C=O) groups excluding carboxylic acids is 1. The smallest absolute Gasteiger partial charge is 0.343 e. The lowest BCUT2D eigenvalue weighted by atomic mass is 10.0. The van der Waals surface area contributed by atoms with Gasteiger partial charge in [-0.2, -0.15) is 0 Å². The minimum absolute atomic E-state index is 0.0128. The average molecular weight is 393 g/mol. The molecule has 0 radical (unpaired) electrons. The van der Waals surface area contributed by atoms with Gasteiger partial charge in [-0.3, -0.25) is 4.79 Å². The summed E-state index contributed by atoms with van der Waals surface area (Å²) in [6, 6.07) is 3.31. The Balaban J connectivity index is 2.53. The minimum atomic E-state index is -1.27. The van der Waals surface area contributed by atoms with Crippen LogP contribution in [-0.4, -0.2) is 17.1 Å². The highest BCUT2D eigenvalue weighted by atomic mass is 19.2. The van der Waals surface area contributed by atoms with Crippen molar-refractivity contribution in [1.29, 1.82) is 0 Å². The van der Waals surface area contributed by atoms with Gasteiger partial charge in [0.05, 0.1) is 23.2 Å². The Morgan fingerprint density at radius 3 is 2.39 bits per heavy atom. The molecule has 0 bridgehead atoms. The Hall–Kier alpha value is -3.16. The first-order valence-corrected chi connectivity index (χ1v) is 8.48. The lowest BCUT2D eigenvalue weighted by Gasteiger charge is -2.17. The second-order valence-corrected chi connectivity index (χ2v) is 5.96. The van der Waals surface area contributed by atoms with Crippen LogP contribution in [0.15, 0.2) is 35.3 Å². The van der Waals surface area contributed by atoms with Crippen LogP contribution in [-0.2, 0) is 11.2 Å². The number of esters is 1. The van der Waals surface area contributed by atoms with Crippen LogP contribution in [0.2, 0.25) is 0 Å². The van der Waals surface area contributed by atoms with Gasteiger partial charge in [0.25, 0.3) is 0 Å². The number of halogens is 4. The zero-order valence-corrected chi connectivity index (χ0v) is 15.0. The van der Waals surface area contributed by atoms with Crippen molar-refractivity contribution in [1.82, 2.24) is 4.57 Å². The molecule has 4 nitrogen and oxygen atoms in total. The fourth-order valence-electron chi connectivity index (χ4n) is 3.06. The van der Waals surface area contributed by atoms with Gasteiger partial charge >= 0.3 is 5.97 Å². The average Bonchev–Trinajstić information content (AvgIpc) is 2.64. The van der Waals surface area contributed by atoms with Gasteiger partial charge in [0, 0.05) is 17.8 Å². The van der Waals surface area contributed by atoms with Crippen LogP contribution in [0.25, 0.3) is 16.6 Å². The predicted octanol–water partition coefficient (Wildman–Crippen LogP) is 4.29. The van der Waals surface area contributed by atoms with Crippen molar-refractivity contribution < 1.29 is 27.1 Å². The monoisotopic (exact) mass is 393 g/mol. The zero-order chi connectivity index (χ0) is 20.6. The molecule has 0 aliphatic carbocycles. The molecule has 2 aromatic carbocycles. The fraction of sp³-hybridized carbons (Fsp3) is 0.200. The van der Waals surface area contributed by atoms with E-state index in [-0.39, 0.29) is 35.2 Å². The van der Waals surface area contributed by atoms with Crippen LogP contribution < -0.4 is 5.43 Å². The van der Waals surface area contributed by atoms with Crippen molar-refractivity contribution in [3.63, 3.8) is 0 Å². The number of hydrogen-bond acceptors (Lipinski definition) is 3. The van der Waals surface area contributed by atoms with E-state index in [2.05, 4.69) is 0 Å². The molecule has 146 valence electrons. The number of benzene rings is 2. The topological polar surface area (TPSA) is 48.3 Å². The summed E-state index contributed by atoms with van der Waals surface area (Å²) in [5, 5.41) is -0.315. The highest BCUT2D eigenvalue weighted by Gasteiger charge is 2.23. The number of nitrogens with zero attached hydrogens (tertiary/aromatic N) is 1. The first-order chi connectivity index (χ1) is 13.3. The van der Waals surface area contributed by atoms with Crippen molar-refractivity contribution in [3.05, 3.63) is 75.1 Å². The second-order valence-electron chi connectivity index (χ2n) is 5.96. The van der Waals surface area contributed by atoms with Gasteiger partial charge in [0.2, 0.25) is 5.43 Å².